The molecule has 2 aliphatic heterocycles. The average molecular weight is 474 g/mol. The van der Waals surface area contributed by atoms with Crippen LogP contribution in [0.5, 0.6) is 11.5 Å². The van der Waals surface area contributed by atoms with Crippen molar-refractivity contribution >= 4 is 22.7 Å². The lowest BCUT2D eigenvalue weighted by atomic mass is 9.76. The van der Waals surface area contributed by atoms with Gasteiger partial charge in [0.25, 0.3) is 5.91 Å². The van der Waals surface area contributed by atoms with Crippen LogP contribution >= 0.6 is 0 Å². The Bertz CT molecular complexity index is 1340. The highest BCUT2D eigenvalue weighted by Crippen LogP contribution is 2.50. The maximum Gasteiger partial charge on any atom is 0.255 e. The molecule has 0 bridgehead atoms. The van der Waals surface area contributed by atoms with Crippen LogP contribution in [0.4, 0.5) is 0 Å². The van der Waals surface area contributed by atoms with E-state index in [0.717, 1.165) is 40.6 Å². The molecule has 0 radical (unpaired) electrons. The predicted molar refractivity (Wildman–Crippen MR) is 133 cm³/mol. The van der Waals surface area contributed by atoms with Gasteiger partial charge in [-0.1, -0.05) is 24.3 Å². The molecule has 2 atom stereocenters. The molecule has 1 N–H and O–H groups in total. The molecule has 3 aromatic rings. The maximum absolute atomic E-state index is 13.9. The summed E-state index contributed by atoms with van der Waals surface area (Å²) in [5.41, 5.74) is 2.85. The van der Waals surface area contributed by atoms with Crippen LogP contribution in [0.15, 0.2) is 42.5 Å². The molecule has 2 amide bonds. The summed E-state index contributed by atoms with van der Waals surface area (Å²) in [6.45, 7) is 6.47. The number of aromatic amines is 1. The predicted octanol–water partition coefficient (Wildman–Crippen LogP) is 4.16. The first kappa shape index (κ1) is 22.0. The molecule has 182 valence electrons. The summed E-state index contributed by atoms with van der Waals surface area (Å²) in [6.07, 6.45) is 1.97. The molecule has 1 aromatic heterocycles. The molecule has 7 heteroatoms. The number of rotatable bonds is 5. The summed E-state index contributed by atoms with van der Waals surface area (Å²) in [6, 6.07) is 14.3. The van der Waals surface area contributed by atoms with E-state index in [1.54, 1.807) is 16.9 Å². The number of benzene rings is 2. The Morgan fingerprint density at radius 1 is 1.09 bits per heavy atom. The van der Waals surface area contributed by atoms with Gasteiger partial charge in [0.05, 0.1) is 18.9 Å². The van der Waals surface area contributed by atoms with E-state index < -0.39 is 5.54 Å². The second kappa shape index (κ2) is 7.77. The van der Waals surface area contributed by atoms with Crippen LogP contribution in [0, 0.1) is 0 Å². The Kier molecular flexibility index (Phi) is 4.88. The number of para-hydroxylation sites is 1. The van der Waals surface area contributed by atoms with Gasteiger partial charge in [0, 0.05) is 29.4 Å². The van der Waals surface area contributed by atoms with Crippen molar-refractivity contribution < 1.29 is 19.1 Å². The number of nitrogens with zero attached hydrogens (tertiary/aromatic N) is 2. The zero-order chi connectivity index (χ0) is 24.5. The van der Waals surface area contributed by atoms with Gasteiger partial charge in [0.2, 0.25) is 5.91 Å². The van der Waals surface area contributed by atoms with Gasteiger partial charge in [-0.25, -0.2) is 0 Å². The van der Waals surface area contributed by atoms with Gasteiger partial charge in [0.15, 0.2) is 17.0 Å². The third-order valence-corrected chi connectivity index (χ3v) is 7.71. The summed E-state index contributed by atoms with van der Waals surface area (Å²) < 4.78 is 11.6. The molecule has 0 spiro atoms. The fourth-order valence-corrected chi connectivity index (χ4v) is 5.86. The molecule has 3 heterocycles. The van der Waals surface area contributed by atoms with Gasteiger partial charge in [-0.3, -0.25) is 9.59 Å². The molecule has 35 heavy (non-hydrogen) atoms. The smallest absolute Gasteiger partial charge is 0.255 e. The van der Waals surface area contributed by atoms with E-state index in [1.807, 2.05) is 57.2 Å². The Morgan fingerprint density at radius 2 is 1.86 bits per heavy atom. The average Bonchev–Trinajstić information content (AvgIpc) is 3.61. The summed E-state index contributed by atoms with van der Waals surface area (Å²) >= 11 is 0. The Morgan fingerprint density at radius 3 is 2.57 bits per heavy atom. The number of ether oxygens (including phenoxy) is 2. The highest BCUT2D eigenvalue weighted by molar-refractivity contribution is 6.01. The van der Waals surface area contributed by atoms with Gasteiger partial charge in [0.1, 0.15) is 6.54 Å². The third-order valence-electron chi connectivity index (χ3n) is 7.71. The van der Waals surface area contributed by atoms with Crippen molar-refractivity contribution in [2.24, 2.45) is 0 Å². The van der Waals surface area contributed by atoms with E-state index in [0.29, 0.717) is 18.0 Å². The van der Waals surface area contributed by atoms with Crippen molar-refractivity contribution in [2.75, 3.05) is 20.2 Å². The molecule has 2 aromatic carbocycles. The fraction of sp³-hybridized carbons (Fsp3) is 0.429. The summed E-state index contributed by atoms with van der Waals surface area (Å²) in [5.74, 6) is 1.26. The highest BCUT2D eigenvalue weighted by atomic mass is 16.5. The van der Waals surface area contributed by atoms with Crippen molar-refractivity contribution in [3.63, 3.8) is 0 Å². The Balaban J connectivity index is 1.53. The number of piperazine rings is 1. The molecule has 1 aliphatic carbocycles. The first-order valence-corrected chi connectivity index (χ1v) is 12.4. The molecule has 7 nitrogen and oxygen atoms in total. The van der Waals surface area contributed by atoms with E-state index in [1.165, 1.54) is 0 Å². The number of hydrogen-bond acceptors (Lipinski definition) is 4. The van der Waals surface area contributed by atoms with Crippen LogP contribution in [-0.4, -0.2) is 58.9 Å². The molecule has 1 saturated carbocycles. The topological polar surface area (TPSA) is 74.9 Å². The highest BCUT2D eigenvalue weighted by Gasteiger charge is 2.58. The second-order valence-corrected chi connectivity index (χ2v) is 10.3. The number of aromatic nitrogens is 1. The largest absolute Gasteiger partial charge is 0.493 e. The van der Waals surface area contributed by atoms with E-state index >= 15 is 0 Å². The van der Waals surface area contributed by atoms with Gasteiger partial charge < -0.3 is 24.3 Å². The molecule has 3 aliphatic rings. The molecular weight excluding hydrogens is 442 g/mol. The Labute approximate surface area is 205 Å². The van der Waals surface area contributed by atoms with Crippen molar-refractivity contribution in [2.45, 2.75) is 57.2 Å². The van der Waals surface area contributed by atoms with Crippen LogP contribution in [-0.2, 0) is 15.1 Å². The van der Waals surface area contributed by atoms with Crippen LogP contribution in [0.1, 0.15) is 56.4 Å². The minimum atomic E-state index is -1.05. The van der Waals surface area contributed by atoms with E-state index in [2.05, 4.69) is 11.1 Å². The minimum absolute atomic E-state index is 0.0000300. The lowest BCUT2D eigenvalue weighted by Gasteiger charge is -2.51. The van der Waals surface area contributed by atoms with Crippen LogP contribution in [0.3, 0.4) is 0 Å². The number of amides is 2. The fourth-order valence-electron chi connectivity index (χ4n) is 5.86. The third kappa shape index (κ3) is 3.24. The number of carbonyl (C=O) groups excluding carboxylic acids is 2. The second-order valence-electron chi connectivity index (χ2n) is 10.3. The minimum Gasteiger partial charge on any atom is -0.493 e. The molecule has 2 unspecified atom stereocenters. The van der Waals surface area contributed by atoms with Crippen molar-refractivity contribution in [1.29, 1.82) is 0 Å². The standard InChI is InChI=1S/C28H31N3O4/c1-16(2)35-22-12-9-17(13-23(22)34-4)20-14-31-24(32)15-30(18-10-11-18)27(33)28(31,3)26-25(20)19-7-5-6-8-21(19)29-26/h5-9,12-13,16,18,20,29H,10-11,14-15H2,1-4H3. The summed E-state index contributed by atoms with van der Waals surface area (Å²) in [7, 11) is 1.64. The number of fused-ring (bicyclic) bond motifs is 5. The maximum atomic E-state index is 13.9. The van der Waals surface area contributed by atoms with Crippen molar-refractivity contribution in [1.82, 2.24) is 14.8 Å². The SMILES string of the molecule is COc1cc(C2CN3C(=O)CN(C4CC4)C(=O)C3(C)c3[nH]c4ccccc4c32)ccc1OC(C)C. The van der Waals surface area contributed by atoms with Crippen LogP contribution in [0.25, 0.3) is 10.9 Å². The number of H-pyrrole nitrogens is 1. The van der Waals surface area contributed by atoms with Crippen LogP contribution in [0.2, 0.25) is 0 Å². The number of hydrogen-bond donors (Lipinski definition) is 1. The Hall–Kier alpha value is -3.48. The molecule has 6 rings (SSSR count). The van der Waals surface area contributed by atoms with E-state index in [4.69, 9.17) is 9.47 Å². The lowest BCUT2D eigenvalue weighted by molar-refractivity contribution is -0.166. The van der Waals surface area contributed by atoms with Crippen molar-refractivity contribution in [3.05, 3.63) is 59.3 Å². The van der Waals surface area contributed by atoms with Gasteiger partial charge in [-0.2, -0.15) is 0 Å². The van der Waals surface area contributed by atoms with Crippen LogP contribution < -0.4 is 9.47 Å². The monoisotopic (exact) mass is 473 g/mol. The van der Waals surface area contributed by atoms with E-state index in [-0.39, 0.29) is 36.4 Å². The lowest BCUT2D eigenvalue weighted by Crippen LogP contribution is -2.67. The molecular formula is C28H31N3O4. The zero-order valence-electron chi connectivity index (χ0n) is 20.6. The normalized spacial score (nSPS) is 24.1. The zero-order valence-corrected chi connectivity index (χ0v) is 20.6. The quantitative estimate of drug-likeness (QED) is 0.604. The molecule has 1 saturated heterocycles. The van der Waals surface area contributed by atoms with E-state index in [9.17, 15) is 9.59 Å². The number of nitrogens with one attached hydrogen (secondary N) is 1. The number of methoxy groups -OCH3 is 1. The summed E-state index contributed by atoms with van der Waals surface area (Å²) in [5, 5.41) is 1.08. The number of carbonyl (C=O) groups is 2. The van der Waals surface area contributed by atoms with Gasteiger partial charge in [-0.15, -0.1) is 0 Å². The van der Waals surface area contributed by atoms with Gasteiger partial charge in [-0.05, 0) is 62.9 Å². The van der Waals surface area contributed by atoms with Crippen molar-refractivity contribution in [3.8, 4) is 11.5 Å². The van der Waals surface area contributed by atoms with Gasteiger partial charge >= 0.3 is 0 Å². The first-order valence-electron chi connectivity index (χ1n) is 12.4. The molecule has 2 fully saturated rings. The first-order chi connectivity index (χ1) is 16.8. The summed E-state index contributed by atoms with van der Waals surface area (Å²) in [4.78, 5) is 34.6.